The summed E-state index contributed by atoms with van der Waals surface area (Å²) in [5.41, 5.74) is 4.19. The van der Waals surface area contributed by atoms with Crippen LogP contribution in [0, 0.1) is 11.6 Å². The van der Waals surface area contributed by atoms with Crippen molar-refractivity contribution in [2.45, 2.75) is 6.92 Å². The van der Waals surface area contributed by atoms with E-state index >= 15 is 0 Å². The number of anilines is 1. The van der Waals surface area contributed by atoms with Crippen molar-refractivity contribution >= 4 is 11.7 Å². The number of ether oxygens (including phenoxy) is 2. The lowest BCUT2D eigenvalue weighted by Crippen LogP contribution is -2.11. The van der Waals surface area contributed by atoms with Crippen LogP contribution in [0.3, 0.4) is 0 Å². The van der Waals surface area contributed by atoms with Gasteiger partial charge in [0.15, 0.2) is 17.4 Å². The summed E-state index contributed by atoms with van der Waals surface area (Å²) in [5.74, 6) is -3.35. The molecule has 0 aliphatic carbocycles. The van der Waals surface area contributed by atoms with Gasteiger partial charge >= 0.3 is 5.97 Å². The van der Waals surface area contributed by atoms with Crippen molar-refractivity contribution in [1.29, 1.82) is 0 Å². The van der Waals surface area contributed by atoms with Crippen LogP contribution in [0.25, 0.3) is 0 Å². The van der Waals surface area contributed by atoms with Gasteiger partial charge in [0, 0.05) is 0 Å². The molecule has 0 aliphatic heterocycles. The van der Waals surface area contributed by atoms with Gasteiger partial charge in [-0.1, -0.05) is 0 Å². The smallest absolute Gasteiger partial charge is 0.341 e. The van der Waals surface area contributed by atoms with Gasteiger partial charge in [-0.2, -0.15) is 0 Å². The summed E-state index contributed by atoms with van der Waals surface area (Å²) in [6, 6.07) is 0.697. The Kier molecular flexibility index (Phi) is 3.65. The van der Waals surface area contributed by atoms with Crippen LogP contribution in [0.1, 0.15) is 17.3 Å². The van der Waals surface area contributed by atoms with Crippen LogP contribution in [-0.2, 0) is 4.74 Å². The monoisotopic (exact) mass is 231 g/mol. The topological polar surface area (TPSA) is 61.5 Å². The number of nitrogen functional groups attached to an aromatic ring is 1. The lowest BCUT2D eigenvalue weighted by Gasteiger charge is -2.10. The molecule has 0 saturated heterocycles. The maximum absolute atomic E-state index is 13.5. The Morgan fingerprint density at radius 1 is 1.50 bits per heavy atom. The van der Waals surface area contributed by atoms with Gasteiger partial charge in [-0.25, -0.2) is 13.6 Å². The van der Waals surface area contributed by atoms with Crippen LogP contribution in [0.5, 0.6) is 5.75 Å². The van der Waals surface area contributed by atoms with Crippen molar-refractivity contribution in [1.82, 2.24) is 0 Å². The molecular formula is C10H11F2NO3. The van der Waals surface area contributed by atoms with E-state index in [-0.39, 0.29) is 6.61 Å². The van der Waals surface area contributed by atoms with Gasteiger partial charge in [-0.15, -0.1) is 0 Å². The Labute approximate surface area is 91.0 Å². The molecule has 1 aromatic rings. The molecule has 2 N–H and O–H groups in total. The molecule has 0 aromatic heterocycles. The molecule has 0 saturated carbocycles. The average molecular weight is 231 g/mol. The first-order valence-electron chi connectivity index (χ1n) is 4.51. The van der Waals surface area contributed by atoms with Crippen LogP contribution in [0.2, 0.25) is 0 Å². The Bertz CT molecular complexity index is 421. The standard InChI is InChI=1S/C10H11F2NO3/c1-3-16-10(14)5-4-6(11)9(15-2)8(13)7(5)12/h4H,3,13H2,1-2H3. The molecule has 6 heteroatoms. The van der Waals surface area contributed by atoms with Gasteiger partial charge in [-0.3, -0.25) is 0 Å². The second-order valence-electron chi connectivity index (χ2n) is 2.89. The maximum atomic E-state index is 13.5. The molecule has 16 heavy (non-hydrogen) atoms. The van der Waals surface area contributed by atoms with Crippen LogP contribution in [0.4, 0.5) is 14.5 Å². The van der Waals surface area contributed by atoms with E-state index < -0.39 is 34.6 Å². The Hall–Kier alpha value is -1.85. The molecule has 0 aliphatic rings. The normalized spacial score (nSPS) is 10.0. The van der Waals surface area contributed by atoms with Crippen molar-refractivity contribution in [3.8, 4) is 5.75 Å². The molecule has 0 fully saturated rings. The minimum atomic E-state index is -1.04. The van der Waals surface area contributed by atoms with Gasteiger partial charge in [0.05, 0.1) is 13.7 Å². The van der Waals surface area contributed by atoms with Gasteiger partial charge in [0.25, 0.3) is 0 Å². The molecule has 1 rings (SSSR count). The molecule has 1 aromatic carbocycles. The van der Waals surface area contributed by atoms with Crippen molar-refractivity contribution in [3.63, 3.8) is 0 Å². The van der Waals surface area contributed by atoms with Crippen LogP contribution < -0.4 is 10.5 Å². The SMILES string of the molecule is CCOC(=O)c1cc(F)c(OC)c(N)c1F. The quantitative estimate of drug-likeness (QED) is 0.635. The van der Waals surface area contributed by atoms with E-state index in [2.05, 4.69) is 9.47 Å². The first-order valence-corrected chi connectivity index (χ1v) is 4.51. The number of benzene rings is 1. The van der Waals surface area contributed by atoms with Crippen LogP contribution in [-0.4, -0.2) is 19.7 Å². The number of methoxy groups -OCH3 is 1. The summed E-state index contributed by atoms with van der Waals surface area (Å²) in [6.45, 7) is 1.62. The van der Waals surface area contributed by atoms with E-state index in [1.807, 2.05) is 0 Å². The first kappa shape index (κ1) is 12.2. The predicted octanol–water partition coefficient (Wildman–Crippen LogP) is 1.73. The summed E-state index contributed by atoms with van der Waals surface area (Å²) in [6.07, 6.45) is 0. The number of rotatable bonds is 3. The van der Waals surface area contributed by atoms with Gasteiger partial charge in [0.1, 0.15) is 11.3 Å². The number of nitrogens with two attached hydrogens (primary N) is 1. The molecule has 0 amide bonds. The van der Waals surface area contributed by atoms with Crippen molar-refractivity contribution in [2.75, 3.05) is 19.5 Å². The predicted molar refractivity (Wildman–Crippen MR) is 53.3 cm³/mol. The highest BCUT2D eigenvalue weighted by atomic mass is 19.1. The Morgan fingerprint density at radius 3 is 2.62 bits per heavy atom. The minimum Gasteiger partial charge on any atom is -0.491 e. The van der Waals surface area contributed by atoms with Gasteiger partial charge in [0.2, 0.25) is 0 Å². The van der Waals surface area contributed by atoms with Crippen molar-refractivity contribution in [3.05, 3.63) is 23.3 Å². The van der Waals surface area contributed by atoms with E-state index in [1.54, 1.807) is 6.92 Å². The van der Waals surface area contributed by atoms with Crippen LogP contribution >= 0.6 is 0 Å². The number of esters is 1. The Balaban J connectivity index is 3.28. The van der Waals surface area contributed by atoms with Crippen LogP contribution in [0.15, 0.2) is 6.07 Å². The van der Waals surface area contributed by atoms with Gasteiger partial charge < -0.3 is 15.2 Å². The molecule has 4 nitrogen and oxygen atoms in total. The lowest BCUT2D eigenvalue weighted by atomic mass is 10.1. The summed E-state index contributed by atoms with van der Waals surface area (Å²) in [7, 11) is 1.15. The zero-order valence-electron chi connectivity index (χ0n) is 8.84. The van der Waals surface area contributed by atoms with Gasteiger partial charge in [-0.05, 0) is 13.0 Å². The van der Waals surface area contributed by atoms with Crippen molar-refractivity contribution < 1.29 is 23.0 Å². The van der Waals surface area contributed by atoms with E-state index in [9.17, 15) is 13.6 Å². The number of carbonyl (C=O) groups is 1. The van der Waals surface area contributed by atoms with E-state index in [4.69, 9.17) is 5.73 Å². The molecule has 0 spiro atoms. The zero-order chi connectivity index (χ0) is 12.3. The third-order valence-electron chi connectivity index (χ3n) is 1.91. The zero-order valence-corrected chi connectivity index (χ0v) is 8.84. The number of halogens is 2. The molecule has 0 bridgehead atoms. The summed E-state index contributed by atoms with van der Waals surface area (Å²) in [4.78, 5) is 11.2. The molecular weight excluding hydrogens is 220 g/mol. The molecule has 0 radical (unpaired) electrons. The molecule has 0 heterocycles. The Morgan fingerprint density at radius 2 is 2.12 bits per heavy atom. The maximum Gasteiger partial charge on any atom is 0.341 e. The summed E-state index contributed by atoms with van der Waals surface area (Å²) in [5, 5.41) is 0. The fourth-order valence-corrected chi connectivity index (χ4v) is 1.19. The highest BCUT2D eigenvalue weighted by Crippen LogP contribution is 2.30. The molecule has 0 atom stereocenters. The van der Waals surface area contributed by atoms with Crippen molar-refractivity contribution in [2.24, 2.45) is 0 Å². The van der Waals surface area contributed by atoms with E-state index in [0.717, 1.165) is 7.11 Å². The second-order valence-corrected chi connectivity index (χ2v) is 2.89. The van der Waals surface area contributed by atoms with E-state index in [0.29, 0.717) is 6.07 Å². The average Bonchev–Trinajstić information content (AvgIpc) is 2.24. The summed E-state index contributed by atoms with van der Waals surface area (Å²) >= 11 is 0. The fraction of sp³-hybridized carbons (Fsp3) is 0.300. The lowest BCUT2D eigenvalue weighted by molar-refractivity contribution is 0.0520. The fourth-order valence-electron chi connectivity index (χ4n) is 1.19. The number of hydrogen-bond acceptors (Lipinski definition) is 4. The highest BCUT2D eigenvalue weighted by molar-refractivity contribution is 5.91. The van der Waals surface area contributed by atoms with E-state index in [1.165, 1.54) is 0 Å². The third-order valence-corrected chi connectivity index (χ3v) is 1.91. The highest BCUT2D eigenvalue weighted by Gasteiger charge is 2.22. The third kappa shape index (κ3) is 2.05. The first-order chi connectivity index (χ1) is 7.52. The number of carbonyl (C=O) groups excluding carboxylic acids is 1. The largest absolute Gasteiger partial charge is 0.491 e. The molecule has 88 valence electrons. The number of hydrogen-bond donors (Lipinski definition) is 1. The summed E-state index contributed by atoms with van der Waals surface area (Å²) < 4.78 is 36.0. The second kappa shape index (κ2) is 4.78. The molecule has 0 unspecified atom stereocenters. The minimum absolute atomic E-state index is 0.0613.